The van der Waals surface area contributed by atoms with Crippen LogP contribution < -0.4 is 15.8 Å². The monoisotopic (exact) mass is 268 g/mol. The van der Waals surface area contributed by atoms with Crippen molar-refractivity contribution in [2.45, 2.75) is 12.8 Å². The van der Waals surface area contributed by atoms with Gasteiger partial charge in [0.15, 0.2) is 0 Å². The fraction of sp³-hybridized carbons (Fsp3) is 0.188. The van der Waals surface area contributed by atoms with Crippen LogP contribution in [0.4, 0.5) is 11.4 Å². The van der Waals surface area contributed by atoms with Gasteiger partial charge in [0.1, 0.15) is 5.75 Å². The van der Waals surface area contributed by atoms with Crippen molar-refractivity contribution in [3.05, 3.63) is 53.6 Å². The second kappa shape index (κ2) is 5.25. The zero-order valence-electron chi connectivity index (χ0n) is 11.1. The second-order valence-corrected chi connectivity index (χ2v) is 4.85. The number of nitrogens with one attached hydrogen (secondary N) is 1. The van der Waals surface area contributed by atoms with Crippen molar-refractivity contribution in [1.82, 2.24) is 0 Å². The zero-order valence-corrected chi connectivity index (χ0v) is 11.1. The number of nitrogens with two attached hydrogens (primary N) is 1. The van der Waals surface area contributed by atoms with Crippen LogP contribution in [0.5, 0.6) is 5.75 Å². The molecule has 0 aliphatic carbocycles. The maximum absolute atomic E-state index is 12.1. The molecule has 1 aliphatic heterocycles. The summed E-state index contributed by atoms with van der Waals surface area (Å²) in [5.74, 6) is 0.757. The predicted molar refractivity (Wildman–Crippen MR) is 79.1 cm³/mol. The number of carbonyl (C=O) groups excluding carboxylic acids is 1. The third kappa shape index (κ3) is 2.59. The molecule has 3 rings (SSSR count). The number of rotatable bonds is 2. The van der Waals surface area contributed by atoms with Gasteiger partial charge in [-0.25, -0.2) is 0 Å². The van der Waals surface area contributed by atoms with Gasteiger partial charge in [0.2, 0.25) is 0 Å². The van der Waals surface area contributed by atoms with Gasteiger partial charge in [0, 0.05) is 16.9 Å². The molecule has 4 nitrogen and oxygen atoms in total. The molecule has 0 aromatic heterocycles. The summed E-state index contributed by atoms with van der Waals surface area (Å²) in [7, 11) is 0. The summed E-state index contributed by atoms with van der Waals surface area (Å²) < 4.78 is 5.55. The Bertz CT molecular complexity index is 653. The molecule has 2 aromatic rings. The van der Waals surface area contributed by atoms with Crippen molar-refractivity contribution in [2.24, 2.45) is 0 Å². The Labute approximate surface area is 117 Å². The normalized spacial score (nSPS) is 13.2. The van der Waals surface area contributed by atoms with Crippen molar-refractivity contribution < 1.29 is 9.53 Å². The SMILES string of the molecule is Nc1cccc(C(=O)Nc2ccc3c(c2)CCCO3)c1. The van der Waals surface area contributed by atoms with E-state index in [-0.39, 0.29) is 5.91 Å². The molecule has 0 fully saturated rings. The second-order valence-electron chi connectivity index (χ2n) is 4.85. The maximum Gasteiger partial charge on any atom is 0.255 e. The molecule has 0 radical (unpaired) electrons. The van der Waals surface area contributed by atoms with Gasteiger partial charge in [0.05, 0.1) is 6.61 Å². The molecule has 0 spiro atoms. The molecule has 4 heteroatoms. The van der Waals surface area contributed by atoms with Crippen molar-refractivity contribution in [1.29, 1.82) is 0 Å². The molecule has 0 saturated heterocycles. The number of hydrogen-bond acceptors (Lipinski definition) is 3. The fourth-order valence-electron chi connectivity index (χ4n) is 2.32. The minimum atomic E-state index is -0.158. The highest BCUT2D eigenvalue weighted by Gasteiger charge is 2.12. The summed E-state index contributed by atoms with van der Waals surface area (Å²) in [5.41, 5.74) is 8.74. The van der Waals surface area contributed by atoms with Crippen LogP contribution in [-0.4, -0.2) is 12.5 Å². The first-order valence-electron chi connectivity index (χ1n) is 6.65. The fourth-order valence-corrected chi connectivity index (χ4v) is 2.32. The molecule has 20 heavy (non-hydrogen) atoms. The Balaban J connectivity index is 1.79. The summed E-state index contributed by atoms with van der Waals surface area (Å²) in [6, 6.07) is 12.7. The molecule has 1 aliphatic rings. The predicted octanol–water partition coefficient (Wildman–Crippen LogP) is 2.85. The summed E-state index contributed by atoms with van der Waals surface area (Å²) >= 11 is 0. The zero-order chi connectivity index (χ0) is 13.9. The summed E-state index contributed by atoms with van der Waals surface area (Å²) in [6.07, 6.45) is 2.00. The first kappa shape index (κ1) is 12.5. The number of fused-ring (bicyclic) bond motifs is 1. The summed E-state index contributed by atoms with van der Waals surface area (Å²) in [6.45, 7) is 0.766. The Morgan fingerprint density at radius 2 is 2.10 bits per heavy atom. The number of amides is 1. The molecule has 3 N–H and O–H groups in total. The Morgan fingerprint density at radius 3 is 2.95 bits per heavy atom. The molecular weight excluding hydrogens is 252 g/mol. The minimum absolute atomic E-state index is 0.158. The lowest BCUT2D eigenvalue weighted by atomic mass is 10.1. The topological polar surface area (TPSA) is 64.4 Å². The number of nitrogen functional groups attached to an aromatic ring is 1. The van der Waals surface area contributed by atoms with Crippen LogP contribution >= 0.6 is 0 Å². The van der Waals surface area contributed by atoms with Gasteiger partial charge in [-0.3, -0.25) is 4.79 Å². The highest BCUT2D eigenvalue weighted by atomic mass is 16.5. The van der Waals surface area contributed by atoms with E-state index in [4.69, 9.17) is 10.5 Å². The molecule has 1 amide bonds. The average molecular weight is 268 g/mol. The standard InChI is InChI=1S/C16H16N2O2/c17-13-5-1-3-12(9-13)16(19)18-14-6-7-15-11(10-14)4-2-8-20-15/h1,3,5-7,9-10H,2,4,8,17H2,(H,18,19). The van der Waals surface area contributed by atoms with E-state index >= 15 is 0 Å². The van der Waals surface area contributed by atoms with Gasteiger partial charge in [-0.15, -0.1) is 0 Å². The Hall–Kier alpha value is -2.49. The molecule has 0 atom stereocenters. The molecule has 0 unspecified atom stereocenters. The number of aryl methyl sites for hydroxylation is 1. The van der Waals surface area contributed by atoms with Crippen molar-refractivity contribution in [2.75, 3.05) is 17.7 Å². The van der Waals surface area contributed by atoms with E-state index in [2.05, 4.69) is 5.32 Å². The number of anilines is 2. The highest BCUT2D eigenvalue weighted by molar-refractivity contribution is 6.04. The number of carbonyl (C=O) groups is 1. The van der Waals surface area contributed by atoms with Crippen LogP contribution in [0.1, 0.15) is 22.3 Å². The molecule has 102 valence electrons. The van der Waals surface area contributed by atoms with Gasteiger partial charge in [0.25, 0.3) is 5.91 Å². The molecule has 2 aromatic carbocycles. The lowest BCUT2D eigenvalue weighted by Crippen LogP contribution is -2.13. The van der Waals surface area contributed by atoms with Crippen LogP contribution in [0.3, 0.4) is 0 Å². The van der Waals surface area contributed by atoms with Gasteiger partial charge in [-0.1, -0.05) is 6.07 Å². The summed E-state index contributed by atoms with van der Waals surface area (Å²) in [5, 5.41) is 2.89. The van der Waals surface area contributed by atoms with Crippen LogP contribution in [0.2, 0.25) is 0 Å². The number of ether oxygens (including phenoxy) is 1. The molecule has 0 bridgehead atoms. The number of hydrogen-bond donors (Lipinski definition) is 2. The first-order chi connectivity index (χ1) is 9.72. The minimum Gasteiger partial charge on any atom is -0.493 e. The van der Waals surface area contributed by atoms with Crippen molar-refractivity contribution >= 4 is 17.3 Å². The van der Waals surface area contributed by atoms with E-state index in [1.54, 1.807) is 24.3 Å². The quantitative estimate of drug-likeness (QED) is 0.823. The van der Waals surface area contributed by atoms with E-state index in [1.165, 1.54) is 0 Å². The smallest absolute Gasteiger partial charge is 0.255 e. The third-order valence-corrected chi connectivity index (χ3v) is 3.32. The first-order valence-corrected chi connectivity index (χ1v) is 6.65. The van der Waals surface area contributed by atoms with Crippen LogP contribution in [-0.2, 0) is 6.42 Å². The van der Waals surface area contributed by atoms with Gasteiger partial charge >= 0.3 is 0 Å². The summed E-state index contributed by atoms with van der Waals surface area (Å²) in [4.78, 5) is 12.1. The van der Waals surface area contributed by atoms with Gasteiger partial charge < -0.3 is 15.8 Å². The largest absolute Gasteiger partial charge is 0.493 e. The maximum atomic E-state index is 12.1. The molecule has 1 heterocycles. The van der Waals surface area contributed by atoms with Crippen LogP contribution in [0.15, 0.2) is 42.5 Å². The van der Waals surface area contributed by atoms with Crippen molar-refractivity contribution in [3.63, 3.8) is 0 Å². The van der Waals surface area contributed by atoms with E-state index < -0.39 is 0 Å². The van der Waals surface area contributed by atoms with E-state index in [1.807, 2.05) is 18.2 Å². The lowest BCUT2D eigenvalue weighted by Gasteiger charge is -2.18. The van der Waals surface area contributed by atoms with E-state index in [0.29, 0.717) is 11.3 Å². The molecular formula is C16H16N2O2. The van der Waals surface area contributed by atoms with Gasteiger partial charge in [-0.05, 0) is 54.8 Å². The Morgan fingerprint density at radius 1 is 1.20 bits per heavy atom. The average Bonchev–Trinajstić information content (AvgIpc) is 2.47. The van der Waals surface area contributed by atoms with Crippen LogP contribution in [0.25, 0.3) is 0 Å². The van der Waals surface area contributed by atoms with E-state index in [0.717, 1.165) is 36.4 Å². The highest BCUT2D eigenvalue weighted by Crippen LogP contribution is 2.27. The third-order valence-electron chi connectivity index (χ3n) is 3.32. The number of benzene rings is 2. The van der Waals surface area contributed by atoms with Crippen molar-refractivity contribution in [3.8, 4) is 5.75 Å². The van der Waals surface area contributed by atoms with Gasteiger partial charge in [-0.2, -0.15) is 0 Å². The van der Waals surface area contributed by atoms with E-state index in [9.17, 15) is 4.79 Å². The lowest BCUT2D eigenvalue weighted by molar-refractivity contribution is 0.102. The molecule has 0 saturated carbocycles. The Kier molecular flexibility index (Phi) is 3.29. The van der Waals surface area contributed by atoms with Crippen LogP contribution in [0, 0.1) is 0 Å².